The molecule has 1 N–H and O–H groups in total. The largest absolute Gasteiger partial charge is 0.469 e. The quantitative estimate of drug-likeness (QED) is 0.571. The first-order valence-corrected chi connectivity index (χ1v) is 11.2. The van der Waals surface area contributed by atoms with Gasteiger partial charge in [0.05, 0.1) is 31.1 Å². The number of thiazole rings is 1. The maximum Gasteiger partial charge on any atom is 0.354 e. The first-order chi connectivity index (χ1) is 15.5. The van der Waals surface area contributed by atoms with Crippen LogP contribution in [0.25, 0.3) is 0 Å². The maximum absolute atomic E-state index is 12.8. The lowest BCUT2D eigenvalue weighted by atomic mass is 10.0. The minimum atomic E-state index is -0.358. The van der Waals surface area contributed by atoms with E-state index in [4.69, 9.17) is 9.15 Å². The number of esters is 1. The fourth-order valence-electron chi connectivity index (χ4n) is 3.88. The SMILES string of the molecule is COC(=O)c1cccn1C1CCN(C(=O)Cc2csc(NC(=O)c3ccoc3C)n2)CC1. The normalized spacial score (nSPS) is 14.4. The number of carbonyl (C=O) groups excluding carboxylic acids is 3. The van der Waals surface area contributed by atoms with Crippen molar-refractivity contribution in [2.45, 2.75) is 32.2 Å². The highest BCUT2D eigenvalue weighted by atomic mass is 32.1. The van der Waals surface area contributed by atoms with Gasteiger partial charge in [0.25, 0.3) is 5.91 Å². The number of aromatic nitrogens is 2. The molecule has 4 heterocycles. The molecule has 1 aliphatic heterocycles. The van der Waals surface area contributed by atoms with Gasteiger partial charge in [0, 0.05) is 30.7 Å². The summed E-state index contributed by atoms with van der Waals surface area (Å²) in [5.74, 6) is -0.112. The molecule has 0 unspecified atom stereocenters. The second-order valence-electron chi connectivity index (χ2n) is 7.57. The molecule has 168 valence electrons. The van der Waals surface area contributed by atoms with E-state index < -0.39 is 0 Å². The number of nitrogens with zero attached hydrogens (tertiary/aromatic N) is 3. The maximum atomic E-state index is 12.8. The van der Waals surface area contributed by atoms with Crippen LogP contribution in [0, 0.1) is 6.92 Å². The molecule has 3 aromatic heterocycles. The molecular formula is C22H24N4O5S. The molecule has 2 amide bonds. The Hall–Kier alpha value is -3.40. The van der Waals surface area contributed by atoms with E-state index in [1.54, 1.807) is 24.4 Å². The van der Waals surface area contributed by atoms with Crippen molar-refractivity contribution in [3.8, 4) is 0 Å². The van der Waals surface area contributed by atoms with E-state index in [-0.39, 0.29) is 30.2 Å². The summed E-state index contributed by atoms with van der Waals surface area (Å²) < 4.78 is 11.9. The Morgan fingerprint density at radius 1 is 1.28 bits per heavy atom. The number of amides is 2. The predicted molar refractivity (Wildman–Crippen MR) is 118 cm³/mol. The molecule has 1 fully saturated rings. The summed E-state index contributed by atoms with van der Waals surface area (Å²) in [5, 5.41) is 4.97. The molecule has 1 saturated heterocycles. The van der Waals surface area contributed by atoms with Crippen molar-refractivity contribution in [1.82, 2.24) is 14.5 Å². The number of ether oxygens (including phenoxy) is 1. The van der Waals surface area contributed by atoms with Crippen LogP contribution in [0.2, 0.25) is 0 Å². The van der Waals surface area contributed by atoms with Crippen molar-refractivity contribution in [2.24, 2.45) is 0 Å². The molecular weight excluding hydrogens is 432 g/mol. The van der Waals surface area contributed by atoms with Crippen LogP contribution < -0.4 is 5.32 Å². The van der Waals surface area contributed by atoms with E-state index in [2.05, 4.69) is 10.3 Å². The lowest BCUT2D eigenvalue weighted by molar-refractivity contribution is -0.131. The van der Waals surface area contributed by atoms with Crippen molar-refractivity contribution < 1.29 is 23.5 Å². The molecule has 0 aliphatic carbocycles. The lowest BCUT2D eigenvalue weighted by Gasteiger charge is -2.33. The fraction of sp³-hybridized carbons (Fsp3) is 0.364. The Labute approximate surface area is 189 Å². The van der Waals surface area contributed by atoms with Crippen molar-refractivity contribution in [1.29, 1.82) is 0 Å². The zero-order valence-corrected chi connectivity index (χ0v) is 18.7. The molecule has 10 heteroatoms. The van der Waals surface area contributed by atoms with E-state index in [1.807, 2.05) is 21.7 Å². The molecule has 0 radical (unpaired) electrons. The number of anilines is 1. The van der Waals surface area contributed by atoms with Gasteiger partial charge < -0.3 is 18.6 Å². The molecule has 3 aromatic rings. The van der Waals surface area contributed by atoms with E-state index in [0.29, 0.717) is 40.9 Å². The van der Waals surface area contributed by atoms with Gasteiger partial charge in [-0.3, -0.25) is 14.9 Å². The minimum Gasteiger partial charge on any atom is -0.469 e. The number of likely N-dealkylation sites (tertiary alicyclic amines) is 1. The topological polar surface area (TPSA) is 107 Å². The number of hydrogen-bond donors (Lipinski definition) is 1. The predicted octanol–water partition coefficient (Wildman–Crippen LogP) is 3.29. The summed E-state index contributed by atoms with van der Waals surface area (Å²) in [4.78, 5) is 43.2. The van der Waals surface area contributed by atoms with Crippen LogP contribution in [0.3, 0.4) is 0 Å². The summed E-state index contributed by atoms with van der Waals surface area (Å²) in [6.45, 7) is 2.93. The van der Waals surface area contributed by atoms with Gasteiger partial charge in [0.2, 0.25) is 5.91 Å². The number of hydrogen-bond acceptors (Lipinski definition) is 7. The van der Waals surface area contributed by atoms with E-state index in [1.165, 1.54) is 24.7 Å². The number of nitrogens with one attached hydrogen (secondary N) is 1. The summed E-state index contributed by atoms with van der Waals surface area (Å²) in [6, 6.07) is 5.33. The van der Waals surface area contributed by atoms with Gasteiger partial charge in [-0.25, -0.2) is 9.78 Å². The number of aryl methyl sites for hydroxylation is 1. The average molecular weight is 457 g/mol. The Balaban J connectivity index is 1.30. The van der Waals surface area contributed by atoms with Crippen LogP contribution in [-0.4, -0.2) is 52.4 Å². The number of carbonyl (C=O) groups is 3. The second-order valence-corrected chi connectivity index (χ2v) is 8.43. The van der Waals surface area contributed by atoms with Gasteiger partial charge in [-0.05, 0) is 38.0 Å². The second kappa shape index (κ2) is 9.39. The van der Waals surface area contributed by atoms with Gasteiger partial charge in [0.15, 0.2) is 5.13 Å². The van der Waals surface area contributed by atoms with Crippen LogP contribution in [0.5, 0.6) is 0 Å². The van der Waals surface area contributed by atoms with Crippen molar-refractivity contribution in [3.63, 3.8) is 0 Å². The number of rotatable bonds is 6. The molecule has 0 spiro atoms. The molecule has 0 saturated carbocycles. The highest BCUT2D eigenvalue weighted by molar-refractivity contribution is 7.14. The Morgan fingerprint density at radius 2 is 2.06 bits per heavy atom. The first-order valence-electron chi connectivity index (χ1n) is 10.3. The minimum absolute atomic E-state index is 0.00185. The van der Waals surface area contributed by atoms with Crippen LogP contribution in [0.15, 0.2) is 40.5 Å². The number of furan rings is 1. The third-order valence-corrected chi connectivity index (χ3v) is 6.40. The molecule has 9 nitrogen and oxygen atoms in total. The van der Waals surface area contributed by atoms with Gasteiger partial charge in [0.1, 0.15) is 11.5 Å². The van der Waals surface area contributed by atoms with Crippen molar-refractivity contribution in [2.75, 3.05) is 25.5 Å². The third-order valence-electron chi connectivity index (χ3n) is 5.59. The fourth-order valence-corrected chi connectivity index (χ4v) is 4.59. The Kier molecular flexibility index (Phi) is 6.40. The van der Waals surface area contributed by atoms with Gasteiger partial charge in [-0.2, -0.15) is 0 Å². The highest BCUT2D eigenvalue weighted by Crippen LogP contribution is 2.26. The van der Waals surface area contributed by atoms with E-state index >= 15 is 0 Å². The summed E-state index contributed by atoms with van der Waals surface area (Å²) >= 11 is 1.28. The van der Waals surface area contributed by atoms with Crippen LogP contribution in [0.1, 0.15) is 51.2 Å². The smallest absolute Gasteiger partial charge is 0.354 e. The number of methoxy groups -OCH3 is 1. The molecule has 0 bridgehead atoms. The van der Waals surface area contributed by atoms with Crippen molar-refractivity contribution >= 4 is 34.3 Å². The lowest BCUT2D eigenvalue weighted by Crippen LogP contribution is -2.40. The monoisotopic (exact) mass is 456 g/mol. The van der Waals surface area contributed by atoms with Crippen LogP contribution >= 0.6 is 11.3 Å². The van der Waals surface area contributed by atoms with E-state index in [0.717, 1.165) is 12.8 Å². The van der Waals surface area contributed by atoms with Crippen LogP contribution in [0.4, 0.5) is 5.13 Å². The average Bonchev–Trinajstić information content (AvgIpc) is 3.54. The number of piperidine rings is 1. The Bertz CT molecular complexity index is 1120. The molecule has 0 aromatic carbocycles. The summed E-state index contributed by atoms with van der Waals surface area (Å²) in [6.07, 6.45) is 5.04. The van der Waals surface area contributed by atoms with Gasteiger partial charge in [-0.1, -0.05) is 0 Å². The standard InChI is InChI=1S/C22H24N4O5S/c1-14-17(7-11-31-14)20(28)24-22-23-15(13-32-22)12-19(27)25-9-5-16(6-10-25)26-8-3-4-18(26)21(29)30-2/h3-4,7-8,11,13,16H,5-6,9-10,12H2,1-2H3,(H,23,24,28). The molecule has 4 rings (SSSR count). The zero-order chi connectivity index (χ0) is 22.7. The summed E-state index contributed by atoms with van der Waals surface area (Å²) in [5.41, 5.74) is 1.61. The van der Waals surface area contributed by atoms with Crippen molar-refractivity contribution in [3.05, 3.63) is 58.8 Å². The highest BCUT2D eigenvalue weighted by Gasteiger charge is 2.26. The molecule has 0 atom stereocenters. The van der Waals surface area contributed by atoms with Gasteiger partial charge >= 0.3 is 5.97 Å². The van der Waals surface area contributed by atoms with Gasteiger partial charge in [-0.15, -0.1) is 11.3 Å². The Morgan fingerprint density at radius 3 is 2.75 bits per heavy atom. The van der Waals surface area contributed by atoms with Crippen LogP contribution in [-0.2, 0) is 16.0 Å². The van der Waals surface area contributed by atoms with E-state index in [9.17, 15) is 14.4 Å². The molecule has 1 aliphatic rings. The third kappa shape index (κ3) is 4.59. The summed E-state index contributed by atoms with van der Waals surface area (Å²) in [7, 11) is 1.37. The first kappa shape index (κ1) is 21.8. The molecule has 32 heavy (non-hydrogen) atoms. The zero-order valence-electron chi connectivity index (χ0n) is 17.9.